The van der Waals surface area contributed by atoms with E-state index in [9.17, 15) is 0 Å². The Hall–Kier alpha value is -1.13. The molecule has 1 aromatic rings. The topological polar surface area (TPSA) is 57.4 Å². The highest BCUT2D eigenvalue weighted by atomic mass is 16.5. The fourth-order valence-electron chi connectivity index (χ4n) is 1.41. The lowest BCUT2D eigenvalue weighted by Gasteiger charge is -2.08. The molecule has 0 radical (unpaired) electrons. The van der Waals surface area contributed by atoms with Crippen LogP contribution in [0.4, 0.5) is 0 Å². The van der Waals surface area contributed by atoms with E-state index in [1.165, 1.54) is 0 Å². The Bertz CT molecular complexity index is 299. The predicted molar refractivity (Wildman–Crippen MR) is 68.2 cm³/mol. The SMILES string of the molecule is CCCOCCOc1ccc(CC(C)N)nc1. The Balaban J connectivity index is 2.25. The highest BCUT2D eigenvalue weighted by Gasteiger charge is 2.00. The Kier molecular flexibility index (Phi) is 6.58. The van der Waals surface area contributed by atoms with Crippen molar-refractivity contribution in [2.75, 3.05) is 19.8 Å². The van der Waals surface area contributed by atoms with Crippen LogP contribution >= 0.6 is 0 Å². The van der Waals surface area contributed by atoms with Crippen molar-refractivity contribution in [3.63, 3.8) is 0 Å². The minimum atomic E-state index is 0.136. The maximum absolute atomic E-state index is 5.70. The first-order valence-electron chi connectivity index (χ1n) is 6.13. The number of ether oxygens (including phenoxy) is 2. The van der Waals surface area contributed by atoms with Gasteiger partial charge in [-0.3, -0.25) is 4.98 Å². The van der Waals surface area contributed by atoms with E-state index in [-0.39, 0.29) is 6.04 Å². The summed E-state index contributed by atoms with van der Waals surface area (Å²) >= 11 is 0. The molecule has 4 heteroatoms. The van der Waals surface area contributed by atoms with Crippen molar-refractivity contribution >= 4 is 0 Å². The van der Waals surface area contributed by atoms with E-state index >= 15 is 0 Å². The van der Waals surface area contributed by atoms with Gasteiger partial charge in [0.15, 0.2) is 0 Å². The molecule has 0 fully saturated rings. The zero-order valence-corrected chi connectivity index (χ0v) is 10.7. The van der Waals surface area contributed by atoms with Crippen molar-refractivity contribution < 1.29 is 9.47 Å². The van der Waals surface area contributed by atoms with Crippen LogP contribution in [-0.4, -0.2) is 30.8 Å². The first-order valence-corrected chi connectivity index (χ1v) is 6.13. The molecule has 17 heavy (non-hydrogen) atoms. The summed E-state index contributed by atoms with van der Waals surface area (Å²) in [4.78, 5) is 4.29. The fourth-order valence-corrected chi connectivity index (χ4v) is 1.41. The molecule has 0 bridgehead atoms. The summed E-state index contributed by atoms with van der Waals surface area (Å²) in [5, 5.41) is 0. The van der Waals surface area contributed by atoms with Crippen molar-refractivity contribution in [1.29, 1.82) is 0 Å². The molecule has 0 aromatic carbocycles. The van der Waals surface area contributed by atoms with Gasteiger partial charge >= 0.3 is 0 Å². The molecule has 1 rings (SSSR count). The first kappa shape index (κ1) is 13.9. The van der Waals surface area contributed by atoms with E-state index in [0.717, 1.165) is 30.9 Å². The molecule has 1 aromatic heterocycles. The second-order valence-electron chi connectivity index (χ2n) is 4.13. The maximum Gasteiger partial charge on any atom is 0.137 e. The first-order chi connectivity index (χ1) is 8.22. The van der Waals surface area contributed by atoms with E-state index < -0.39 is 0 Å². The summed E-state index contributed by atoms with van der Waals surface area (Å²) in [7, 11) is 0. The van der Waals surface area contributed by atoms with Gasteiger partial charge < -0.3 is 15.2 Å². The molecule has 0 saturated carbocycles. The fraction of sp³-hybridized carbons (Fsp3) is 0.615. The van der Waals surface area contributed by atoms with Gasteiger partial charge in [-0.2, -0.15) is 0 Å². The normalized spacial score (nSPS) is 12.4. The van der Waals surface area contributed by atoms with Crippen LogP contribution in [0, 0.1) is 0 Å². The zero-order valence-electron chi connectivity index (χ0n) is 10.7. The van der Waals surface area contributed by atoms with Crippen LogP contribution in [-0.2, 0) is 11.2 Å². The number of rotatable bonds is 8. The molecule has 0 saturated heterocycles. The highest BCUT2D eigenvalue weighted by molar-refractivity contribution is 5.20. The summed E-state index contributed by atoms with van der Waals surface area (Å²) in [6.07, 6.45) is 3.56. The number of pyridine rings is 1. The maximum atomic E-state index is 5.70. The van der Waals surface area contributed by atoms with Crippen LogP contribution < -0.4 is 10.5 Å². The molecule has 1 heterocycles. The number of nitrogens with zero attached hydrogens (tertiary/aromatic N) is 1. The Labute approximate surface area is 103 Å². The van der Waals surface area contributed by atoms with E-state index in [1.807, 2.05) is 19.1 Å². The lowest BCUT2D eigenvalue weighted by molar-refractivity contribution is 0.100. The summed E-state index contributed by atoms with van der Waals surface area (Å²) in [5.74, 6) is 0.776. The van der Waals surface area contributed by atoms with Crippen molar-refractivity contribution in [2.45, 2.75) is 32.7 Å². The minimum Gasteiger partial charge on any atom is -0.490 e. The van der Waals surface area contributed by atoms with Crippen LogP contribution in [0.25, 0.3) is 0 Å². The number of nitrogens with two attached hydrogens (primary N) is 1. The lowest BCUT2D eigenvalue weighted by Crippen LogP contribution is -2.18. The number of hydrogen-bond acceptors (Lipinski definition) is 4. The van der Waals surface area contributed by atoms with Gasteiger partial charge in [0.25, 0.3) is 0 Å². The van der Waals surface area contributed by atoms with Crippen molar-refractivity contribution in [2.24, 2.45) is 5.73 Å². The molecule has 0 amide bonds. The highest BCUT2D eigenvalue weighted by Crippen LogP contribution is 2.09. The second-order valence-corrected chi connectivity index (χ2v) is 4.13. The summed E-state index contributed by atoms with van der Waals surface area (Å²) in [6.45, 7) is 6.03. The van der Waals surface area contributed by atoms with Gasteiger partial charge in [-0.05, 0) is 25.5 Å². The van der Waals surface area contributed by atoms with Crippen molar-refractivity contribution in [3.05, 3.63) is 24.0 Å². The van der Waals surface area contributed by atoms with Gasteiger partial charge in [0.1, 0.15) is 12.4 Å². The standard InChI is InChI=1S/C13H22N2O2/c1-3-6-16-7-8-17-13-5-4-12(15-10-13)9-11(2)14/h4-5,10-11H,3,6-9,14H2,1-2H3. The molecule has 2 N–H and O–H groups in total. The predicted octanol–water partition coefficient (Wildman–Crippen LogP) is 1.78. The third-order valence-corrected chi connectivity index (χ3v) is 2.17. The third kappa shape index (κ3) is 6.24. The van der Waals surface area contributed by atoms with Crippen LogP contribution in [0.5, 0.6) is 5.75 Å². The van der Waals surface area contributed by atoms with Crippen LogP contribution in [0.15, 0.2) is 18.3 Å². The van der Waals surface area contributed by atoms with Gasteiger partial charge in [-0.15, -0.1) is 0 Å². The van der Waals surface area contributed by atoms with Crippen LogP contribution in [0.2, 0.25) is 0 Å². The van der Waals surface area contributed by atoms with Gasteiger partial charge in [0, 0.05) is 24.8 Å². The van der Waals surface area contributed by atoms with Crippen molar-refractivity contribution in [1.82, 2.24) is 4.98 Å². The molecule has 96 valence electrons. The lowest BCUT2D eigenvalue weighted by atomic mass is 10.2. The average molecular weight is 238 g/mol. The Morgan fingerprint density at radius 1 is 1.29 bits per heavy atom. The van der Waals surface area contributed by atoms with Gasteiger partial charge in [0.2, 0.25) is 0 Å². The van der Waals surface area contributed by atoms with Crippen LogP contribution in [0.1, 0.15) is 26.0 Å². The molecular weight excluding hydrogens is 216 g/mol. The molecule has 0 spiro atoms. The minimum absolute atomic E-state index is 0.136. The summed E-state index contributed by atoms with van der Waals surface area (Å²) in [5.41, 5.74) is 6.70. The van der Waals surface area contributed by atoms with E-state index in [1.54, 1.807) is 6.20 Å². The molecule has 1 unspecified atom stereocenters. The van der Waals surface area contributed by atoms with Gasteiger partial charge in [0.05, 0.1) is 12.8 Å². The molecule has 4 nitrogen and oxygen atoms in total. The van der Waals surface area contributed by atoms with E-state index in [0.29, 0.717) is 13.2 Å². The van der Waals surface area contributed by atoms with Gasteiger partial charge in [-0.25, -0.2) is 0 Å². The monoisotopic (exact) mass is 238 g/mol. The quantitative estimate of drug-likeness (QED) is 0.701. The number of hydrogen-bond donors (Lipinski definition) is 1. The molecule has 1 atom stereocenters. The number of aromatic nitrogens is 1. The molecular formula is C13H22N2O2. The Morgan fingerprint density at radius 3 is 2.71 bits per heavy atom. The van der Waals surface area contributed by atoms with Crippen LogP contribution in [0.3, 0.4) is 0 Å². The molecule has 0 aliphatic heterocycles. The molecule has 0 aliphatic rings. The summed E-state index contributed by atoms with van der Waals surface area (Å²) in [6, 6.07) is 4.01. The van der Waals surface area contributed by atoms with Crippen molar-refractivity contribution in [3.8, 4) is 5.75 Å². The third-order valence-electron chi connectivity index (χ3n) is 2.17. The zero-order chi connectivity index (χ0) is 12.5. The average Bonchev–Trinajstić information content (AvgIpc) is 2.30. The summed E-state index contributed by atoms with van der Waals surface area (Å²) < 4.78 is 10.8. The van der Waals surface area contributed by atoms with Gasteiger partial charge in [-0.1, -0.05) is 6.92 Å². The smallest absolute Gasteiger partial charge is 0.137 e. The Morgan fingerprint density at radius 2 is 2.12 bits per heavy atom. The van der Waals surface area contributed by atoms with E-state index in [4.69, 9.17) is 15.2 Å². The van der Waals surface area contributed by atoms with E-state index in [2.05, 4.69) is 11.9 Å². The molecule has 0 aliphatic carbocycles. The second kappa shape index (κ2) is 8.03. The largest absolute Gasteiger partial charge is 0.490 e.